The zero-order chi connectivity index (χ0) is 22.5. The van der Waals surface area contributed by atoms with Gasteiger partial charge in [-0.05, 0) is 44.5 Å². The third-order valence-electron chi connectivity index (χ3n) is 4.00. The van der Waals surface area contributed by atoms with Crippen molar-refractivity contribution in [1.29, 1.82) is 0 Å². The molecule has 0 atom stereocenters. The maximum atomic E-state index is 12.3. The Morgan fingerprint density at radius 1 is 1.07 bits per heavy atom. The number of ether oxygens (including phenoxy) is 1. The van der Waals surface area contributed by atoms with E-state index in [1.807, 2.05) is 0 Å². The van der Waals surface area contributed by atoms with E-state index in [1.165, 1.54) is 24.3 Å². The van der Waals surface area contributed by atoms with E-state index in [-0.39, 0.29) is 25.2 Å². The number of carbonyl (C=O) groups is 3. The first-order valence-electron chi connectivity index (χ1n) is 8.65. The Labute approximate surface area is 169 Å². The van der Waals surface area contributed by atoms with Gasteiger partial charge in [0, 0.05) is 11.1 Å². The summed E-state index contributed by atoms with van der Waals surface area (Å²) in [6, 6.07) is 5.10. The van der Waals surface area contributed by atoms with Crippen LogP contribution >= 0.6 is 0 Å². The molecule has 0 saturated heterocycles. The number of primary amides is 1. The van der Waals surface area contributed by atoms with Crippen LogP contribution in [0.25, 0.3) is 0 Å². The highest BCUT2D eigenvalue weighted by Gasteiger charge is 2.38. The van der Waals surface area contributed by atoms with Gasteiger partial charge in [0.1, 0.15) is 12.4 Å². The van der Waals surface area contributed by atoms with Crippen molar-refractivity contribution in [2.45, 2.75) is 40.5 Å². The summed E-state index contributed by atoms with van der Waals surface area (Å²) >= 11 is 0. The highest BCUT2D eigenvalue weighted by molar-refractivity contribution is 7.81. The zero-order valence-electron chi connectivity index (χ0n) is 16.7. The number of amides is 2. The third kappa shape index (κ3) is 8.48. The second kappa shape index (κ2) is 9.23. The summed E-state index contributed by atoms with van der Waals surface area (Å²) in [6.45, 7) is 6.37. The molecule has 0 aromatic heterocycles. The lowest BCUT2D eigenvalue weighted by Gasteiger charge is -2.30. The van der Waals surface area contributed by atoms with Gasteiger partial charge in [0.15, 0.2) is 0 Å². The molecule has 1 rings (SSSR count). The minimum atomic E-state index is -4.87. The van der Waals surface area contributed by atoms with Crippen LogP contribution in [0, 0.1) is 10.8 Å². The fourth-order valence-electron chi connectivity index (χ4n) is 2.63. The van der Waals surface area contributed by atoms with Crippen LogP contribution in [0.4, 0.5) is 5.69 Å². The molecule has 0 unspecified atom stereocenters. The van der Waals surface area contributed by atoms with E-state index in [1.54, 1.807) is 27.7 Å². The normalized spacial score (nSPS) is 12.2. The molecule has 162 valence electrons. The Bertz CT molecular complexity index is 860. The fraction of sp³-hybridized carbons (Fsp3) is 0.500. The highest BCUT2D eigenvalue weighted by atomic mass is 32.3. The Balaban J connectivity index is 2.50. The first kappa shape index (κ1) is 24.4. The van der Waals surface area contributed by atoms with E-state index in [4.69, 9.17) is 10.5 Å². The minimum absolute atomic E-state index is 0.117. The molecule has 0 bridgehead atoms. The average Bonchev–Trinajstić information content (AvgIpc) is 2.54. The summed E-state index contributed by atoms with van der Waals surface area (Å²) in [7, 11) is -4.87. The van der Waals surface area contributed by atoms with Crippen molar-refractivity contribution in [1.82, 2.24) is 0 Å². The fourth-order valence-corrected chi connectivity index (χ4v) is 2.98. The van der Waals surface area contributed by atoms with Crippen molar-refractivity contribution in [3.05, 3.63) is 24.3 Å². The van der Waals surface area contributed by atoms with Crippen molar-refractivity contribution in [3.63, 3.8) is 0 Å². The predicted molar refractivity (Wildman–Crippen MR) is 102 cm³/mol. The van der Waals surface area contributed by atoms with Crippen LogP contribution in [0.15, 0.2) is 24.3 Å². The van der Waals surface area contributed by atoms with Gasteiger partial charge < -0.3 is 24.5 Å². The lowest BCUT2D eigenvalue weighted by atomic mass is 9.74. The minimum Gasteiger partial charge on any atom is -0.716 e. The van der Waals surface area contributed by atoms with E-state index in [9.17, 15) is 27.4 Å². The molecule has 0 aliphatic heterocycles. The van der Waals surface area contributed by atoms with Gasteiger partial charge in [-0.15, -0.1) is 0 Å². The molecular weight excluding hydrogens is 404 g/mol. The molecule has 0 saturated carbocycles. The van der Waals surface area contributed by atoms with Crippen molar-refractivity contribution in [3.8, 4) is 5.75 Å². The maximum absolute atomic E-state index is 12.3. The molecule has 29 heavy (non-hydrogen) atoms. The standard InChI is InChI=1S/C18H26N2O8S/c1-17(2,15(19)22)11-18(3,4)16(23)27-10-9-14(21)20-12-5-7-13(8-6-12)28-29(24,25)26/h5-8H,9-11H2,1-4H3,(H2,19,22)(H,20,21)(H,24,25,26)/p-1. The number of hydrogen-bond donors (Lipinski definition) is 2. The molecule has 1 aromatic rings. The summed E-state index contributed by atoms with van der Waals surface area (Å²) in [5.74, 6) is -1.71. The molecule has 0 fully saturated rings. The molecule has 0 radical (unpaired) electrons. The van der Waals surface area contributed by atoms with Gasteiger partial charge in [-0.2, -0.15) is 0 Å². The highest BCUT2D eigenvalue weighted by Crippen LogP contribution is 2.34. The van der Waals surface area contributed by atoms with Crippen LogP contribution in [-0.4, -0.2) is 37.4 Å². The predicted octanol–water partition coefficient (Wildman–Crippen LogP) is 1.33. The summed E-state index contributed by atoms with van der Waals surface area (Å²) in [6.07, 6.45) is 0.0715. The average molecular weight is 429 g/mol. The largest absolute Gasteiger partial charge is 0.716 e. The smallest absolute Gasteiger partial charge is 0.311 e. The van der Waals surface area contributed by atoms with Crippen LogP contribution in [0.1, 0.15) is 40.5 Å². The molecule has 0 aliphatic carbocycles. The van der Waals surface area contributed by atoms with Gasteiger partial charge >= 0.3 is 5.97 Å². The van der Waals surface area contributed by atoms with Crippen molar-refractivity contribution >= 4 is 33.9 Å². The number of nitrogens with one attached hydrogen (secondary N) is 1. The first-order valence-corrected chi connectivity index (χ1v) is 9.98. The molecule has 0 heterocycles. The number of rotatable bonds is 10. The molecule has 2 amide bonds. The lowest BCUT2D eigenvalue weighted by molar-refractivity contribution is -0.156. The van der Waals surface area contributed by atoms with Crippen molar-refractivity contribution < 1.29 is 36.3 Å². The monoisotopic (exact) mass is 429 g/mol. The number of hydrogen-bond acceptors (Lipinski definition) is 8. The Hall–Kier alpha value is -2.66. The lowest BCUT2D eigenvalue weighted by Crippen LogP contribution is -2.39. The van der Waals surface area contributed by atoms with Crippen LogP contribution in [0.3, 0.4) is 0 Å². The summed E-state index contributed by atoms with van der Waals surface area (Å²) in [4.78, 5) is 35.6. The number of esters is 1. The topological polar surface area (TPSA) is 165 Å². The van der Waals surface area contributed by atoms with Crippen LogP contribution in [0.5, 0.6) is 5.75 Å². The Kier molecular flexibility index (Phi) is 7.75. The van der Waals surface area contributed by atoms with E-state index >= 15 is 0 Å². The van der Waals surface area contributed by atoms with E-state index in [2.05, 4.69) is 9.50 Å². The molecule has 0 spiro atoms. The molecule has 0 aliphatic rings. The summed E-state index contributed by atoms with van der Waals surface area (Å²) < 4.78 is 40.8. The van der Waals surface area contributed by atoms with E-state index in [0.717, 1.165) is 0 Å². The van der Waals surface area contributed by atoms with Crippen LogP contribution in [0.2, 0.25) is 0 Å². The van der Waals surface area contributed by atoms with Crippen LogP contribution in [-0.2, 0) is 29.5 Å². The van der Waals surface area contributed by atoms with Gasteiger partial charge in [-0.25, -0.2) is 8.42 Å². The molecule has 3 N–H and O–H groups in total. The Morgan fingerprint density at radius 3 is 2.10 bits per heavy atom. The van der Waals surface area contributed by atoms with Gasteiger partial charge in [-0.1, -0.05) is 13.8 Å². The second-order valence-electron chi connectivity index (χ2n) is 7.76. The molecule has 11 heteroatoms. The first-order chi connectivity index (χ1) is 13.1. The number of carbonyl (C=O) groups excluding carboxylic acids is 3. The van der Waals surface area contributed by atoms with Crippen LogP contribution < -0.4 is 15.2 Å². The second-order valence-corrected chi connectivity index (χ2v) is 8.74. The summed E-state index contributed by atoms with van der Waals surface area (Å²) in [5.41, 5.74) is 3.81. The van der Waals surface area contributed by atoms with Gasteiger partial charge in [0.2, 0.25) is 11.8 Å². The number of anilines is 1. The summed E-state index contributed by atoms with van der Waals surface area (Å²) in [5, 5.41) is 2.52. The molecule has 1 aromatic carbocycles. The molecule has 10 nitrogen and oxygen atoms in total. The van der Waals surface area contributed by atoms with Crippen molar-refractivity contribution in [2.75, 3.05) is 11.9 Å². The van der Waals surface area contributed by atoms with E-state index < -0.39 is 39.0 Å². The quantitative estimate of drug-likeness (QED) is 0.319. The van der Waals surface area contributed by atoms with Gasteiger partial charge in [0.25, 0.3) is 10.4 Å². The van der Waals surface area contributed by atoms with E-state index in [0.29, 0.717) is 5.69 Å². The Morgan fingerprint density at radius 2 is 1.62 bits per heavy atom. The van der Waals surface area contributed by atoms with Gasteiger partial charge in [-0.3, -0.25) is 14.4 Å². The third-order valence-corrected chi connectivity index (χ3v) is 4.40. The molecular formula is C18H25N2O8S-. The number of benzene rings is 1. The van der Waals surface area contributed by atoms with Gasteiger partial charge in [0.05, 0.1) is 11.8 Å². The maximum Gasteiger partial charge on any atom is 0.311 e. The zero-order valence-corrected chi connectivity index (χ0v) is 17.5. The number of nitrogens with two attached hydrogens (primary N) is 1. The SMILES string of the molecule is CC(C)(CC(C)(C)C(=O)OCCC(=O)Nc1ccc(OS(=O)(=O)[O-])cc1)C(N)=O. The van der Waals surface area contributed by atoms with Crippen molar-refractivity contribution in [2.24, 2.45) is 16.6 Å².